The lowest BCUT2D eigenvalue weighted by atomic mass is 10.1. The number of likely N-dealkylation sites (tertiary alicyclic amines) is 1. The molecule has 2 aromatic rings. The molecule has 0 spiro atoms. The Labute approximate surface area is 189 Å². The molecule has 170 valence electrons. The van der Waals surface area contributed by atoms with E-state index in [1.54, 1.807) is 0 Å². The second kappa shape index (κ2) is 11.0. The van der Waals surface area contributed by atoms with Crippen molar-refractivity contribution in [2.45, 2.75) is 38.2 Å². The number of hydrogen-bond acceptors (Lipinski definition) is 5. The lowest BCUT2D eigenvalue weighted by molar-refractivity contribution is -0.114. The maximum absolute atomic E-state index is 12.7. The van der Waals surface area contributed by atoms with Crippen molar-refractivity contribution in [2.75, 3.05) is 43.5 Å². The van der Waals surface area contributed by atoms with Crippen molar-refractivity contribution >= 4 is 23.2 Å². The fourth-order valence-corrected chi connectivity index (χ4v) is 4.06. The van der Waals surface area contributed by atoms with Gasteiger partial charge in [0.15, 0.2) is 0 Å². The van der Waals surface area contributed by atoms with Gasteiger partial charge in [0, 0.05) is 42.7 Å². The summed E-state index contributed by atoms with van der Waals surface area (Å²) in [6.45, 7) is 3.05. The predicted octanol–water partition coefficient (Wildman–Crippen LogP) is 3.92. The van der Waals surface area contributed by atoms with E-state index >= 15 is 0 Å². The Morgan fingerprint density at radius 1 is 1.00 bits per heavy atom. The second-order valence-corrected chi connectivity index (χ2v) is 8.31. The van der Waals surface area contributed by atoms with Crippen LogP contribution in [-0.2, 0) is 9.53 Å². The number of piperidine rings is 1. The maximum atomic E-state index is 12.7. The lowest BCUT2D eigenvalue weighted by Crippen LogP contribution is -2.35. The van der Waals surface area contributed by atoms with E-state index in [-0.39, 0.29) is 24.5 Å². The van der Waals surface area contributed by atoms with E-state index in [0.717, 1.165) is 51.1 Å². The zero-order chi connectivity index (χ0) is 22.2. The van der Waals surface area contributed by atoms with Gasteiger partial charge in [-0.15, -0.1) is 0 Å². The van der Waals surface area contributed by atoms with Crippen LogP contribution in [0.2, 0.25) is 0 Å². The number of carbonyl (C=O) groups excluding carboxylic acids is 2. The van der Waals surface area contributed by atoms with Crippen molar-refractivity contribution in [2.24, 2.45) is 0 Å². The van der Waals surface area contributed by atoms with Gasteiger partial charge in [-0.1, -0.05) is 12.1 Å². The molecule has 32 heavy (non-hydrogen) atoms. The summed E-state index contributed by atoms with van der Waals surface area (Å²) in [4.78, 5) is 27.0. The van der Waals surface area contributed by atoms with Crippen LogP contribution in [0.1, 0.15) is 42.5 Å². The molecule has 7 heteroatoms. The third-order valence-corrected chi connectivity index (χ3v) is 5.78. The molecular weight excluding hydrogens is 406 g/mol. The highest BCUT2D eigenvalue weighted by Crippen LogP contribution is 2.20. The van der Waals surface area contributed by atoms with Crippen molar-refractivity contribution in [3.8, 4) is 5.75 Å². The van der Waals surface area contributed by atoms with Crippen LogP contribution < -0.4 is 15.4 Å². The van der Waals surface area contributed by atoms with Gasteiger partial charge >= 0.3 is 0 Å². The van der Waals surface area contributed by atoms with Gasteiger partial charge < -0.3 is 25.0 Å². The van der Waals surface area contributed by atoms with Crippen molar-refractivity contribution in [3.05, 3.63) is 54.1 Å². The highest BCUT2D eigenvalue weighted by atomic mass is 16.5. The van der Waals surface area contributed by atoms with E-state index in [2.05, 4.69) is 10.6 Å². The number of hydrogen-bond donors (Lipinski definition) is 2. The van der Waals surface area contributed by atoms with Crippen molar-refractivity contribution in [3.63, 3.8) is 0 Å². The van der Waals surface area contributed by atoms with Crippen LogP contribution in [0.5, 0.6) is 5.75 Å². The van der Waals surface area contributed by atoms with Crippen LogP contribution in [0, 0.1) is 0 Å². The summed E-state index contributed by atoms with van der Waals surface area (Å²) < 4.78 is 11.4. The van der Waals surface area contributed by atoms with Gasteiger partial charge in [0.2, 0.25) is 5.91 Å². The first-order chi connectivity index (χ1) is 15.7. The zero-order valence-electron chi connectivity index (χ0n) is 18.3. The number of ether oxygens (including phenoxy) is 2. The molecule has 2 aliphatic heterocycles. The molecule has 2 aromatic carbocycles. The van der Waals surface area contributed by atoms with Crippen LogP contribution in [0.25, 0.3) is 0 Å². The summed E-state index contributed by atoms with van der Waals surface area (Å²) in [5.41, 5.74) is 2.07. The van der Waals surface area contributed by atoms with E-state index in [1.807, 2.05) is 53.4 Å². The third-order valence-electron chi connectivity index (χ3n) is 5.78. The molecule has 0 bridgehead atoms. The van der Waals surface area contributed by atoms with E-state index in [4.69, 9.17) is 9.47 Å². The number of nitrogens with one attached hydrogen (secondary N) is 2. The van der Waals surface area contributed by atoms with E-state index in [9.17, 15) is 9.59 Å². The normalized spacial score (nSPS) is 18.2. The van der Waals surface area contributed by atoms with Gasteiger partial charge in [-0.25, -0.2) is 0 Å². The van der Waals surface area contributed by atoms with Gasteiger partial charge in [-0.05, 0) is 62.4 Å². The summed E-state index contributed by atoms with van der Waals surface area (Å²) in [6, 6.07) is 14.7. The van der Waals surface area contributed by atoms with Gasteiger partial charge in [-0.3, -0.25) is 9.59 Å². The minimum absolute atomic E-state index is 0.0534. The molecule has 7 nitrogen and oxygen atoms in total. The van der Waals surface area contributed by atoms with Crippen LogP contribution in [0.15, 0.2) is 48.5 Å². The number of nitrogens with zero attached hydrogens (tertiary/aromatic N) is 1. The fourth-order valence-electron chi connectivity index (χ4n) is 4.06. The Bertz CT molecular complexity index is 921. The summed E-state index contributed by atoms with van der Waals surface area (Å²) >= 11 is 0. The Hall–Kier alpha value is -3.06. The summed E-state index contributed by atoms with van der Waals surface area (Å²) in [5, 5.41) is 5.99. The molecule has 1 unspecified atom stereocenters. The molecule has 2 amide bonds. The predicted molar refractivity (Wildman–Crippen MR) is 124 cm³/mol. The Balaban J connectivity index is 1.26. The molecule has 2 saturated heterocycles. The highest BCUT2D eigenvalue weighted by molar-refractivity contribution is 5.96. The van der Waals surface area contributed by atoms with Crippen molar-refractivity contribution < 1.29 is 19.1 Å². The SMILES string of the molecule is O=C(CNc1cccc(C(=O)N2CCCCC2)c1)Nc1cccc(OCC2CCCO2)c1. The van der Waals surface area contributed by atoms with Gasteiger partial charge in [0.05, 0.1) is 12.6 Å². The first-order valence-corrected chi connectivity index (χ1v) is 11.4. The highest BCUT2D eigenvalue weighted by Gasteiger charge is 2.18. The monoisotopic (exact) mass is 437 g/mol. The lowest BCUT2D eigenvalue weighted by Gasteiger charge is -2.26. The van der Waals surface area contributed by atoms with E-state index < -0.39 is 0 Å². The molecule has 2 heterocycles. The number of benzene rings is 2. The molecule has 2 N–H and O–H groups in total. The first kappa shape index (κ1) is 22.1. The topological polar surface area (TPSA) is 79.9 Å². The molecule has 0 aliphatic carbocycles. The molecule has 0 saturated carbocycles. The summed E-state index contributed by atoms with van der Waals surface area (Å²) in [6.07, 6.45) is 5.55. The molecule has 2 aliphatic rings. The molecule has 0 radical (unpaired) electrons. The van der Waals surface area contributed by atoms with Crippen molar-refractivity contribution in [1.29, 1.82) is 0 Å². The van der Waals surface area contributed by atoms with E-state index in [0.29, 0.717) is 23.6 Å². The molecule has 0 aromatic heterocycles. The Morgan fingerprint density at radius 3 is 2.62 bits per heavy atom. The van der Waals surface area contributed by atoms with Crippen LogP contribution in [-0.4, -0.2) is 55.7 Å². The minimum atomic E-state index is -0.172. The van der Waals surface area contributed by atoms with E-state index in [1.165, 1.54) is 6.42 Å². The average molecular weight is 438 g/mol. The van der Waals surface area contributed by atoms with Gasteiger partial charge in [-0.2, -0.15) is 0 Å². The molecule has 2 fully saturated rings. The molecular formula is C25H31N3O4. The van der Waals surface area contributed by atoms with Crippen LogP contribution >= 0.6 is 0 Å². The Morgan fingerprint density at radius 2 is 1.81 bits per heavy atom. The van der Waals surface area contributed by atoms with Crippen LogP contribution in [0.3, 0.4) is 0 Å². The van der Waals surface area contributed by atoms with Crippen LogP contribution in [0.4, 0.5) is 11.4 Å². The average Bonchev–Trinajstić information content (AvgIpc) is 3.36. The first-order valence-electron chi connectivity index (χ1n) is 11.4. The largest absolute Gasteiger partial charge is 0.491 e. The minimum Gasteiger partial charge on any atom is -0.491 e. The summed E-state index contributed by atoms with van der Waals surface area (Å²) in [7, 11) is 0. The molecule has 1 atom stereocenters. The maximum Gasteiger partial charge on any atom is 0.253 e. The number of rotatable bonds is 8. The van der Waals surface area contributed by atoms with Gasteiger partial charge in [0.1, 0.15) is 12.4 Å². The number of anilines is 2. The van der Waals surface area contributed by atoms with Gasteiger partial charge in [0.25, 0.3) is 5.91 Å². The standard InChI is InChI=1S/C25H31N3O4/c29-24(27-21-9-5-10-22(16-21)32-18-23-11-6-14-31-23)17-26-20-8-4-7-19(15-20)25(30)28-12-2-1-3-13-28/h4-5,7-10,15-16,23,26H,1-3,6,11-14,17-18H2,(H,27,29). The smallest absolute Gasteiger partial charge is 0.253 e. The molecule has 4 rings (SSSR count). The van der Waals surface area contributed by atoms with Crippen molar-refractivity contribution in [1.82, 2.24) is 4.90 Å². The number of carbonyl (C=O) groups is 2. The number of amides is 2. The fraction of sp³-hybridized carbons (Fsp3) is 0.440. The second-order valence-electron chi connectivity index (χ2n) is 8.31. The zero-order valence-corrected chi connectivity index (χ0v) is 18.3. The summed E-state index contributed by atoms with van der Waals surface area (Å²) in [5.74, 6) is 0.585. The quantitative estimate of drug-likeness (QED) is 0.654. The third kappa shape index (κ3) is 6.23. The Kier molecular flexibility index (Phi) is 7.61.